The zero-order valence-corrected chi connectivity index (χ0v) is 21.4. The summed E-state index contributed by atoms with van der Waals surface area (Å²) >= 11 is 0. The molecular formula is C27H22O8S2. The minimum atomic E-state index is -4.84. The van der Waals surface area contributed by atoms with Gasteiger partial charge in [-0.05, 0) is 85.8 Å². The summed E-state index contributed by atoms with van der Waals surface area (Å²) in [6.07, 6.45) is 0. The maximum atomic E-state index is 13.0. The highest BCUT2D eigenvalue weighted by Crippen LogP contribution is 2.33. The summed E-state index contributed by atoms with van der Waals surface area (Å²) in [6, 6.07) is 21.8. The van der Waals surface area contributed by atoms with Gasteiger partial charge in [0.05, 0.1) is 16.9 Å². The first kappa shape index (κ1) is 26.1. The third kappa shape index (κ3) is 5.72. The number of methoxy groups -OCH3 is 1. The molecule has 0 unspecified atom stereocenters. The van der Waals surface area contributed by atoms with Crippen molar-refractivity contribution in [2.45, 2.75) is 21.6 Å². The van der Waals surface area contributed by atoms with Crippen LogP contribution in [0.4, 0.5) is 0 Å². The maximum Gasteiger partial charge on any atom is 0.298 e. The number of rotatable bonds is 8. The van der Waals surface area contributed by atoms with E-state index in [9.17, 15) is 26.2 Å². The van der Waals surface area contributed by atoms with Crippen LogP contribution < -0.4 is 9.47 Å². The molecule has 0 atom stereocenters. The molecule has 0 amide bonds. The van der Waals surface area contributed by atoms with Crippen LogP contribution in [0.15, 0.2) is 106 Å². The summed E-state index contributed by atoms with van der Waals surface area (Å²) in [5.41, 5.74) is 1.68. The molecule has 190 valence electrons. The molecule has 37 heavy (non-hydrogen) atoms. The van der Waals surface area contributed by atoms with Gasteiger partial charge in [-0.2, -0.15) is 8.42 Å². The first-order chi connectivity index (χ1) is 17.5. The van der Waals surface area contributed by atoms with Gasteiger partial charge in [0.2, 0.25) is 9.84 Å². The molecule has 0 saturated carbocycles. The van der Waals surface area contributed by atoms with Crippen molar-refractivity contribution in [3.63, 3.8) is 0 Å². The summed E-state index contributed by atoms with van der Waals surface area (Å²) in [5.74, 6) is 0.274. The largest absolute Gasteiger partial charge is 0.497 e. The molecule has 0 spiro atoms. The Morgan fingerprint density at radius 3 is 1.73 bits per heavy atom. The normalized spacial score (nSPS) is 11.6. The van der Waals surface area contributed by atoms with Crippen molar-refractivity contribution >= 4 is 25.7 Å². The highest BCUT2D eigenvalue weighted by Gasteiger charge is 2.24. The Labute approximate surface area is 214 Å². The van der Waals surface area contributed by atoms with Gasteiger partial charge in [-0.25, -0.2) is 8.42 Å². The molecule has 4 aromatic carbocycles. The molecule has 4 aromatic rings. The number of benzene rings is 4. The molecule has 0 aliphatic heterocycles. The smallest absolute Gasteiger partial charge is 0.298 e. The van der Waals surface area contributed by atoms with E-state index < -0.39 is 24.9 Å². The van der Waals surface area contributed by atoms with Crippen LogP contribution in [0.1, 0.15) is 21.5 Å². The number of carbonyl (C=O) groups is 1. The van der Waals surface area contributed by atoms with Crippen LogP contribution in [0.5, 0.6) is 17.2 Å². The van der Waals surface area contributed by atoms with Crippen LogP contribution in [-0.2, 0) is 20.0 Å². The average Bonchev–Trinajstić information content (AvgIpc) is 2.88. The standard InChI is InChI=1S/C27H22O8S2/c1-18-3-13-23(14-4-18)36(29,30)24-15-16-25(26(17-24)37(31,32)33)35-22-11-7-20(8-12-22)27(28)19-5-9-21(34-2)10-6-19/h3-17H,1-2H3,(H,31,32,33). The number of hydrogen-bond acceptors (Lipinski definition) is 7. The number of carbonyl (C=O) groups excluding carboxylic acids is 1. The Hall–Kier alpha value is -3.99. The first-order valence-electron chi connectivity index (χ1n) is 10.9. The average molecular weight is 539 g/mol. The van der Waals surface area contributed by atoms with Crippen LogP contribution >= 0.6 is 0 Å². The maximum absolute atomic E-state index is 13.0. The molecule has 1 N–H and O–H groups in total. The predicted molar refractivity (Wildman–Crippen MR) is 136 cm³/mol. The van der Waals surface area contributed by atoms with Gasteiger partial charge < -0.3 is 9.47 Å². The van der Waals surface area contributed by atoms with E-state index in [-0.39, 0.29) is 27.1 Å². The number of hydrogen-bond donors (Lipinski definition) is 1. The lowest BCUT2D eigenvalue weighted by Gasteiger charge is -2.12. The van der Waals surface area contributed by atoms with Gasteiger partial charge in [0.15, 0.2) is 5.78 Å². The molecule has 0 aromatic heterocycles. The second-order valence-corrected chi connectivity index (χ2v) is 11.4. The number of sulfone groups is 1. The van der Waals surface area contributed by atoms with Crippen molar-refractivity contribution in [2.75, 3.05) is 7.11 Å². The molecule has 0 aliphatic rings. The molecule has 4 rings (SSSR count). The van der Waals surface area contributed by atoms with Crippen molar-refractivity contribution < 1.29 is 35.7 Å². The molecule has 0 heterocycles. The van der Waals surface area contributed by atoms with Crippen LogP contribution in [0.25, 0.3) is 0 Å². The van der Waals surface area contributed by atoms with Crippen molar-refractivity contribution in [1.29, 1.82) is 0 Å². The van der Waals surface area contributed by atoms with Crippen LogP contribution in [-0.4, -0.2) is 34.3 Å². The zero-order valence-electron chi connectivity index (χ0n) is 19.8. The highest BCUT2D eigenvalue weighted by molar-refractivity contribution is 7.91. The second-order valence-electron chi connectivity index (χ2n) is 8.08. The van der Waals surface area contributed by atoms with Crippen LogP contribution in [0.3, 0.4) is 0 Å². The Bertz CT molecular complexity index is 1660. The molecular weight excluding hydrogens is 516 g/mol. The summed E-state index contributed by atoms with van der Waals surface area (Å²) in [4.78, 5) is 11.7. The fourth-order valence-corrected chi connectivity index (χ4v) is 5.51. The summed E-state index contributed by atoms with van der Waals surface area (Å²) in [5, 5.41) is 0. The third-order valence-electron chi connectivity index (χ3n) is 5.53. The Kier molecular flexibility index (Phi) is 7.17. The van der Waals surface area contributed by atoms with Crippen molar-refractivity contribution in [3.05, 3.63) is 108 Å². The van der Waals surface area contributed by atoms with E-state index in [1.165, 1.54) is 49.6 Å². The van der Waals surface area contributed by atoms with Gasteiger partial charge in [0.1, 0.15) is 22.1 Å². The molecule has 10 heteroatoms. The second kappa shape index (κ2) is 10.2. The van der Waals surface area contributed by atoms with Gasteiger partial charge >= 0.3 is 0 Å². The number of aryl methyl sites for hydroxylation is 1. The lowest BCUT2D eigenvalue weighted by molar-refractivity contribution is 0.103. The van der Waals surface area contributed by atoms with Gasteiger partial charge in [0.25, 0.3) is 10.1 Å². The molecule has 0 saturated heterocycles. The van der Waals surface area contributed by atoms with Crippen LogP contribution in [0.2, 0.25) is 0 Å². The monoisotopic (exact) mass is 538 g/mol. The zero-order chi connectivity index (χ0) is 26.8. The van der Waals surface area contributed by atoms with Gasteiger partial charge in [-0.1, -0.05) is 17.7 Å². The SMILES string of the molecule is COc1ccc(C(=O)c2ccc(Oc3ccc(S(=O)(=O)c4ccc(C)cc4)cc3S(=O)(=O)O)cc2)cc1. The van der Waals surface area contributed by atoms with E-state index in [1.807, 2.05) is 0 Å². The molecule has 0 aliphatic carbocycles. The lowest BCUT2D eigenvalue weighted by Crippen LogP contribution is -2.07. The van der Waals surface area contributed by atoms with Gasteiger partial charge in [-0.3, -0.25) is 9.35 Å². The topological polar surface area (TPSA) is 124 Å². The fraction of sp³-hybridized carbons (Fsp3) is 0.0741. The fourth-order valence-electron chi connectivity index (χ4n) is 3.51. The summed E-state index contributed by atoms with van der Waals surface area (Å²) < 4.78 is 70.6. The van der Waals surface area contributed by atoms with E-state index in [0.717, 1.165) is 17.7 Å². The lowest BCUT2D eigenvalue weighted by atomic mass is 10.0. The first-order valence-corrected chi connectivity index (χ1v) is 13.8. The highest BCUT2D eigenvalue weighted by atomic mass is 32.2. The minimum absolute atomic E-state index is 0.0230. The van der Waals surface area contributed by atoms with E-state index in [2.05, 4.69) is 0 Å². The Morgan fingerprint density at radius 2 is 1.22 bits per heavy atom. The Balaban J connectivity index is 1.62. The van der Waals surface area contributed by atoms with Gasteiger partial charge in [0, 0.05) is 11.1 Å². The predicted octanol–water partition coefficient (Wildman–Crippen LogP) is 5.11. The van der Waals surface area contributed by atoms with E-state index in [1.54, 1.807) is 43.3 Å². The van der Waals surface area contributed by atoms with Crippen molar-refractivity contribution in [1.82, 2.24) is 0 Å². The van der Waals surface area contributed by atoms with E-state index in [0.29, 0.717) is 16.9 Å². The van der Waals surface area contributed by atoms with Gasteiger partial charge in [-0.15, -0.1) is 0 Å². The molecule has 0 fully saturated rings. The summed E-state index contributed by atoms with van der Waals surface area (Å²) in [7, 11) is -7.37. The van der Waals surface area contributed by atoms with E-state index >= 15 is 0 Å². The molecule has 0 radical (unpaired) electrons. The minimum Gasteiger partial charge on any atom is -0.497 e. The Morgan fingerprint density at radius 1 is 0.703 bits per heavy atom. The third-order valence-corrected chi connectivity index (χ3v) is 8.17. The molecule has 8 nitrogen and oxygen atoms in total. The number of ketones is 1. The van der Waals surface area contributed by atoms with E-state index in [4.69, 9.17) is 9.47 Å². The number of ether oxygens (including phenoxy) is 2. The van der Waals surface area contributed by atoms with Crippen molar-refractivity contribution in [2.24, 2.45) is 0 Å². The molecule has 0 bridgehead atoms. The summed E-state index contributed by atoms with van der Waals surface area (Å²) in [6.45, 7) is 1.81. The van der Waals surface area contributed by atoms with Crippen molar-refractivity contribution in [3.8, 4) is 17.2 Å². The van der Waals surface area contributed by atoms with Crippen LogP contribution in [0, 0.1) is 6.92 Å². The quantitative estimate of drug-likeness (QED) is 0.243.